The number of methoxy groups -OCH3 is 1. The Morgan fingerprint density at radius 1 is 1.12 bits per heavy atom. The topological polar surface area (TPSA) is 45.7 Å². The quantitative estimate of drug-likeness (QED) is 0.737. The van der Waals surface area contributed by atoms with Gasteiger partial charge >= 0.3 is 0 Å². The number of pyridine rings is 1. The number of rotatable bonds is 4. The number of ether oxygens (including phenoxy) is 1. The van der Waals surface area contributed by atoms with E-state index in [1.165, 1.54) is 0 Å². The molecule has 1 aliphatic heterocycles. The van der Waals surface area contributed by atoms with Crippen molar-refractivity contribution >= 4 is 33.7 Å². The lowest BCUT2D eigenvalue weighted by Crippen LogP contribution is -2.48. The Hall–Kier alpha value is -2.34. The number of aromatic nitrogens is 1. The fraction of sp³-hybridized carbons (Fsp3) is 0.263. The van der Waals surface area contributed by atoms with Gasteiger partial charge in [0.2, 0.25) is 5.91 Å². The highest BCUT2D eigenvalue weighted by Crippen LogP contribution is 2.17. The van der Waals surface area contributed by atoms with Crippen LogP contribution in [0.1, 0.15) is 5.56 Å². The molecule has 5 nitrogen and oxygen atoms in total. The van der Waals surface area contributed by atoms with Gasteiger partial charge in [-0.15, -0.1) is 0 Å². The van der Waals surface area contributed by atoms with Gasteiger partial charge in [-0.1, -0.05) is 28.1 Å². The molecule has 0 aliphatic carbocycles. The summed E-state index contributed by atoms with van der Waals surface area (Å²) in [5.41, 5.74) is 1.01. The monoisotopic (exact) mass is 401 g/mol. The molecule has 0 bridgehead atoms. The number of piperazine rings is 1. The molecular weight excluding hydrogens is 382 g/mol. The second kappa shape index (κ2) is 8.16. The number of amides is 1. The Kier molecular flexibility index (Phi) is 5.71. The highest BCUT2D eigenvalue weighted by Gasteiger charge is 2.20. The zero-order valence-corrected chi connectivity index (χ0v) is 15.6. The van der Waals surface area contributed by atoms with E-state index in [0.29, 0.717) is 13.1 Å². The first-order valence-electron chi connectivity index (χ1n) is 8.13. The highest BCUT2D eigenvalue weighted by molar-refractivity contribution is 9.10. The maximum atomic E-state index is 12.3. The van der Waals surface area contributed by atoms with E-state index in [-0.39, 0.29) is 5.91 Å². The lowest BCUT2D eigenvalue weighted by molar-refractivity contribution is -0.126. The van der Waals surface area contributed by atoms with Gasteiger partial charge in [0.05, 0.1) is 13.3 Å². The van der Waals surface area contributed by atoms with Crippen molar-refractivity contribution in [3.63, 3.8) is 0 Å². The van der Waals surface area contributed by atoms with Crippen LogP contribution in [0.25, 0.3) is 6.08 Å². The molecule has 1 fully saturated rings. The first kappa shape index (κ1) is 17.5. The molecule has 2 heterocycles. The summed E-state index contributed by atoms with van der Waals surface area (Å²) in [5.74, 6) is 1.71. The third-order valence-corrected chi connectivity index (χ3v) is 4.69. The van der Waals surface area contributed by atoms with Crippen molar-refractivity contribution in [1.82, 2.24) is 9.88 Å². The molecule has 6 heteroatoms. The third-order valence-electron chi connectivity index (χ3n) is 4.16. The first-order valence-corrected chi connectivity index (χ1v) is 8.92. The molecule has 1 saturated heterocycles. The van der Waals surface area contributed by atoms with E-state index in [4.69, 9.17) is 4.74 Å². The predicted molar refractivity (Wildman–Crippen MR) is 103 cm³/mol. The maximum absolute atomic E-state index is 12.3. The van der Waals surface area contributed by atoms with Gasteiger partial charge in [-0.25, -0.2) is 4.98 Å². The van der Waals surface area contributed by atoms with Crippen LogP contribution in [0.2, 0.25) is 0 Å². The summed E-state index contributed by atoms with van der Waals surface area (Å²) >= 11 is 3.40. The van der Waals surface area contributed by atoms with Crippen molar-refractivity contribution in [1.29, 1.82) is 0 Å². The summed E-state index contributed by atoms with van der Waals surface area (Å²) in [6, 6.07) is 11.7. The zero-order valence-electron chi connectivity index (χ0n) is 14.1. The number of anilines is 1. The summed E-state index contributed by atoms with van der Waals surface area (Å²) in [5, 5.41) is 0. The molecule has 0 radical (unpaired) electrons. The standard InChI is InChI=1S/C19H20BrN3O2/c1-25-17-7-8-18(21-14-17)22-10-12-23(13-11-22)19(24)9-4-15-2-5-16(20)6-3-15/h2-9,14H,10-13H2,1H3/b9-4+. The largest absolute Gasteiger partial charge is 0.495 e. The Balaban J connectivity index is 1.54. The van der Waals surface area contributed by atoms with Crippen molar-refractivity contribution in [2.75, 3.05) is 38.2 Å². The van der Waals surface area contributed by atoms with Gasteiger partial charge in [-0.2, -0.15) is 0 Å². The zero-order chi connectivity index (χ0) is 17.6. The molecule has 130 valence electrons. The van der Waals surface area contributed by atoms with Gasteiger partial charge in [0.1, 0.15) is 11.6 Å². The Morgan fingerprint density at radius 3 is 2.44 bits per heavy atom. The van der Waals surface area contributed by atoms with Crippen LogP contribution in [0.3, 0.4) is 0 Å². The van der Waals surface area contributed by atoms with E-state index >= 15 is 0 Å². The number of nitrogens with zero attached hydrogens (tertiary/aromatic N) is 3. The van der Waals surface area contributed by atoms with Crippen LogP contribution in [0.15, 0.2) is 53.1 Å². The molecule has 1 aromatic carbocycles. The smallest absolute Gasteiger partial charge is 0.246 e. The number of carbonyl (C=O) groups excluding carboxylic acids is 1. The van der Waals surface area contributed by atoms with Crippen LogP contribution < -0.4 is 9.64 Å². The summed E-state index contributed by atoms with van der Waals surface area (Å²) in [7, 11) is 1.63. The van der Waals surface area contributed by atoms with E-state index in [9.17, 15) is 4.79 Å². The molecule has 3 rings (SSSR count). The Bertz CT molecular complexity index is 736. The number of halogens is 1. The summed E-state index contributed by atoms with van der Waals surface area (Å²) in [6.45, 7) is 2.93. The van der Waals surface area contributed by atoms with E-state index < -0.39 is 0 Å². The lowest BCUT2D eigenvalue weighted by atomic mass is 10.2. The van der Waals surface area contributed by atoms with Crippen LogP contribution in [0.4, 0.5) is 5.82 Å². The Morgan fingerprint density at radius 2 is 1.84 bits per heavy atom. The van der Waals surface area contributed by atoms with E-state index in [1.807, 2.05) is 47.4 Å². The van der Waals surface area contributed by atoms with E-state index in [0.717, 1.165) is 34.7 Å². The molecule has 0 N–H and O–H groups in total. The van der Waals surface area contributed by atoms with Crippen LogP contribution in [0.5, 0.6) is 5.75 Å². The molecule has 0 spiro atoms. The average molecular weight is 402 g/mol. The highest BCUT2D eigenvalue weighted by atomic mass is 79.9. The van der Waals surface area contributed by atoms with Crippen LogP contribution in [0, 0.1) is 0 Å². The Labute approximate surface area is 156 Å². The van der Waals surface area contributed by atoms with E-state index in [2.05, 4.69) is 25.8 Å². The molecule has 0 saturated carbocycles. The SMILES string of the molecule is COc1ccc(N2CCN(C(=O)/C=C/c3ccc(Br)cc3)CC2)nc1. The van der Waals surface area contributed by atoms with Crippen LogP contribution >= 0.6 is 15.9 Å². The van der Waals surface area contributed by atoms with Gasteiger partial charge in [0.25, 0.3) is 0 Å². The van der Waals surface area contributed by atoms with Crippen LogP contribution in [-0.4, -0.2) is 49.1 Å². The average Bonchev–Trinajstić information content (AvgIpc) is 2.67. The third kappa shape index (κ3) is 4.60. The molecule has 0 atom stereocenters. The normalized spacial score (nSPS) is 14.8. The summed E-state index contributed by atoms with van der Waals surface area (Å²) in [4.78, 5) is 20.8. The molecule has 2 aromatic rings. The van der Waals surface area contributed by atoms with Crippen molar-refractivity contribution in [3.05, 3.63) is 58.7 Å². The maximum Gasteiger partial charge on any atom is 0.246 e. The fourth-order valence-corrected chi connectivity index (χ4v) is 2.95. The van der Waals surface area contributed by atoms with Crippen molar-refractivity contribution in [3.8, 4) is 5.75 Å². The minimum absolute atomic E-state index is 0.0465. The number of benzene rings is 1. The van der Waals surface area contributed by atoms with Gasteiger partial charge < -0.3 is 14.5 Å². The molecular formula is C19H20BrN3O2. The first-order chi connectivity index (χ1) is 12.2. The van der Waals surface area contributed by atoms with Crippen molar-refractivity contribution < 1.29 is 9.53 Å². The van der Waals surface area contributed by atoms with Gasteiger partial charge in [0, 0.05) is 36.7 Å². The second-order valence-electron chi connectivity index (χ2n) is 5.75. The lowest BCUT2D eigenvalue weighted by Gasteiger charge is -2.35. The molecule has 1 amide bonds. The summed E-state index contributed by atoms with van der Waals surface area (Å²) in [6.07, 6.45) is 5.21. The number of hydrogen-bond acceptors (Lipinski definition) is 4. The molecule has 25 heavy (non-hydrogen) atoms. The molecule has 1 aromatic heterocycles. The van der Waals surface area contributed by atoms with Crippen molar-refractivity contribution in [2.24, 2.45) is 0 Å². The summed E-state index contributed by atoms with van der Waals surface area (Å²) < 4.78 is 6.16. The number of carbonyl (C=O) groups is 1. The second-order valence-corrected chi connectivity index (χ2v) is 6.67. The predicted octanol–water partition coefficient (Wildman–Crippen LogP) is 3.21. The fourth-order valence-electron chi connectivity index (χ4n) is 2.68. The van der Waals surface area contributed by atoms with Crippen molar-refractivity contribution in [2.45, 2.75) is 0 Å². The number of hydrogen-bond donors (Lipinski definition) is 0. The van der Waals surface area contributed by atoms with Gasteiger partial charge in [-0.3, -0.25) is 4.79 Å². The minimum atomic E-state index is 0.0465. The van der Waals surface area contributed by atoms with Gasteiger partial charge in [-0.05, 0) is 35.9 Å². The van der Waals surface area contributed by atoms with Gasteiger partial charge in [0.15, 0.2) is 0 Å². The molecule has 1 aliphatic rings. The van der Waals surface area contributed by atoms with E-state index in [1.54, 1.807) is 19.4 Å². The molecule has 0 unspecified atom stereocenters. The minimum Gasteiger partial charge on any atom is -0.495 e. The van der Waals surface area contributed by atoms with Crippen LogP contribution in [-0.2, 0) is 4.79 Å².